The molecular formula is C30H37N5O4. The number of nitrogens with zero attached hydrogens (tertiary/aromatic N) is 3. The van der Waals surface area contributed by atoms with Crippen molar-refractivity contribution in [1.82, 2.24) is 20.4 Å². The first-order valence-corrected chi connectivity index (χ1v) is 13.9. The lowest BCUT2D eigenvalue weighted by molar-refractivity contribution is -0.138. The zero-order valence-electron chi connectivity index (χ0n) is 22.6. The molecule has 3 unspecified atom stereocenters. The van der Waals surface area contributed by atoms with Gasteiger partial charge in [-0.05, 0) is 49.1 Å². The Balaban J connectivity index is 1.30. The van der Waals surface area contributed by atoms with Crippen LogP contribution < -0.4 is 15.5 Å². The highest BCUT2D eigenvalue weighted by molar-refractivity contribution is 6.03. The van der Waals surface area contributed by atoms with Crippen molar-refractivity contribution in [1.29, 1.82) is 0 Å². The molecule has 3 heterocycles. The van der Waals surface area contributed by atoms with Crippen LogP contribution in [0.1, 0.15) is 47.4 Å². The van der Waals surface area contributed by atoms with Gasteiger partial charge in [0, 0.05) is 49.5 Å². The van der Waals surface area contributed by atoms with Crippen LogP contribution in [-0.2, 0) is 9.59 Å². The van der Waals surface area contributed by atoms with E-state index < -0.39 is 12.1 Å². The zero-order chi connectivity index (χ0) is 27.5. The second kappa shape index (κ2) is 11.6. The summed E-state index contributed by atoms with van der Waals surface area (Å²) >= 11 is 0. The SMILES string of the molecule is CC(C)CC(NC(=O)c1cccc(N2CCNCC2)c1)C(=O)N1CCC2C1C(=O)CN2C(=O)c1ccccc1. The fourth-order valence-electron chi connectivity index (χ4n) is 5.99. The minimum Gasteiger partial charge on any atom is -0.369 e. The number of likely N-dealkylation sites (tertiary alicyclic amines) is 2. The zero-order valence-corrected chi connectivity index (χ0v) is 22.6. The molecule has 0 radical (unpaired) electrons. The third kappa shape index (κ3) is 5.68. The van der Waals surface area contributed by atoms with Gasteiger partial charge in [-0.1, -0.05) is 38.1 Å². The largest absolute Gasteiger partial charge is 0.369 e. The summed E-state index contributed by atoms with van der Waals surface area (Å²) in [6, 6.07) is 14.6. The molecule has 0 aliphatic carbocycles. The molecule has 0 bridgehead atoms. The van der Waals surface area contributed by atoms with Gasteiger partial charge in [0.2, 0.25) is 5.91 Å². The van der Waals surface area contributed by atoms with Gasteiger partial charge in [0.05, 0.1) is 12.6 Å². The van der Waals surface area contributed by atoms with Crippen molar-refractivity contribution in [3.05, 3.63) is 65.7 Å². The molecule has 39 heavy (non-hydrogen) atoms. The van der Waals surface area contributed by atoms with Gasteiger partial charge >= 0.3 is 0 Å². The predicted octanol–water partition coefficient (Wildman–Crippen LogP) is 1.94. The first kappa shape index (κ1) is 26.9. The molecule has 3 aliphatic rings. The van der Waals surface area contributed by atoms with Crippen LogP contribution in [0.3, 0.4) is 0 Å². The van der Waals surface area contributed by atoms with Crippen LogP contribution in [-0.4, -0.2) is 90.7 Å². The monoisotopic (exact) mass is 531 g/mol. The number of carbonyl (C=O) groups is 4. The Kier molecular flexibility index (Phi) is 7.97. The van der Waals surface area contributed by atoms with Crippen LogP contribution in [0.2, 0.25) is 0 Å². The molecular weight excluding hydrogens is 494 g/mol. The van der Waals surface area contributed by atoms with Gasteiger partial charge < -0.3 is 25.3 Å². The summed E-state index contributed by atoms with van der Waals surface area (Å²) in [5.41, 5.74) is 2.02. The molecule has 3 aliphatic heterocycles. The van der Waals surface area contributed by atoms with Gasteiger partial charge in [-0.3, -0.25) is 19.2 Å². The minimum atomic E-state index is -0.759. The van der Waals surface area contributed by atoms with Crippen LogP contribution in [0.25, 0.3) is 0 Å². The van der Waals surface area contributed by atoms with Crippen LogP contribution in [0, 0.1) is 5.92 Å². The van der Waals surface area contributed by atoms with Crippen molar-refractivity contribution in [2.24, 2.45) is 5.92 Å². The molecule has 206 valence electrons. The smallest absolute Gasteiger partial charge is 0.254 e. The van der Waals surface area contributed by atoms with E-state index in [1.54, 1.807) is 40.1 Å². The van der Waals surface area contributed by atoms with Gasteiger partial charge in [-0.25, -0.2) is 0 Å². The van der Waals surface area contributed by atoms with E-state index in [0.717, 1.165) is 31.9 Å². The van der Waals surface area contributed by atoms with Gasteiger partial charge in [-0.15, -0.1) is 0 Å². The molecule has 5 rings (SSSR count). The quantitative estimate of drug-likeness (QED) is 0.566. The summed E-state index contributed by atoms with van der Waals surface area (Å²) in [5, 5.41) is 6.31. The van der Waals surface area contributed by atoms with E-state index in [-0.39, 0.29) is 42.0 Å². The van der Waals surface area contributed by atoms with Crippen molar-refractivity contribution < 1.29 is 19.2 Å². The predicted molar refractivity (Wildman–Crippen MR) is 149 cm³/mol. The number of carbonyl (C=O) groups excluding carboxylic acids is 4. The van der Waals surface area contributed by atoms with E-state index in [4.69, 9.17) is 0 Å². The average molecular weight is 532 g/mol. The summed E-state index contributed by atoms with van der Waals surface area (Å²) in [5.74, 6) is -0.735. The number of Topliss-reactive ketones (excluding diaryl/α,β-unsaturated/α-hetero) is 1. The van der Waals surface area contributed by atoms with E-state index >= 15 is 0 Å². The molecule has 3 fully saturated rings. The Bertz CT molecular complexity index is 1230. The standard InChI is InChI=1S/C30H37N5O4/c1-20(2)17-24(32-28(37)22-9-6-10-23(18-22)33-15-12-31-13-16-33)30(39)34-14-11-25-27(34)26(36)19-35(25)29(38)21-7-4-3-5-8-21/h3-10,18,20,24-25,27,31H,11-17,19H2,1-2H3,(H,32,37). The van der Waals surface area contributed by atoms with E-state index in [1.165, 1.54) is 0 Å². The summed E-state index contributed by atoms with van der Waals surface area (Å²) in [7, 11) is 0. The van der Waals surface area contributed by atoms with Crippen molar-refractivity contribution in [2.45, 2.75) is 44.8 Å². The first-order chi connectivity index (χ1) is 18.8. The molecule has 0 saturated carbocycles. The summed E-state index contributed by atoms with van der Waals surface area (Å²) in [4.78, 5) is 58.9. The maximum Gasteiger partial charge on any atom is 0.254 e. The second-order valence-corrected chi connectivity index (χ2v) is 11.0. The molecule has 2 aromatic carbocycles. The molecule has 3 amide bonds. The van der Waals surface area contributed by atoms with Gasteiger partial charge in [0.15, 0.2) is 5.78 Å². The molecule has 3 atom stereocenters. The molecule has 0 aromatic heterocycles. The average Bonchev–Trinajstić information content (AvgIpc) is 3.54. The number of hydrogen-bond donors (Lipinski definition) is 2. The lowest BCUT2D eigenvalue weighted by atomic mass is 10.0. The highest BCUT2D eigenvalue weighted by Gasteiger charge is 2.52. The number of benzene rings is 2. The van der Waals surface area contributed by atoms with Gasteiger partial charge in [0.25, 0.3) is 11.8 Å². The number of piperazine rings is 1. The van der Waals surface area contributed by atoms with Crippen LogP contribution in [0.5, 0.6) is 0 Å². The number of anilines is 1. The molecule has 9 heteroatoms. The second-order valence-electron chi connectivity index (χ2n) is 11.0. The van der Waals surface area contributed by atoms with Gasteiger partial charge in [-0.2, -0.15) is 0 Å². The molecule has 3 saturated heterocycles. The van der Waals surface area contributed by atoms with Crippen molar-refractivity contribution in [3.63, 3.8) is 0 Å². The van der Waals surface area contributed by atoms with Crippen LogP contribution in [0.4, 0.5) is 5.69 Å². The van der Waals surface area contributed by atoms with Crippen molar-refractivity contribution in [2.75, 3.05) is 44.2 Å². The fraction of sp³-hybridized carbons (Fsp3) is 0.467. The number of nitrogens with one attached hydrogen (secondary N) is 2. The summed E-state index contributed by atoms with van der Waals surface area (Å²) in [6.45, 7) is 7.91. The lowest BCUT2D eigenvalue weighted by Crippen LogP contribution is -2.53. The highest BCUT2D eigenvalue weighted by atomic mass is 16.2. The first-order valence-electron chi connectivity index (χ1n) is 13.9. The molecule has 2 N–H and O–H groups in total. The molecule has 9 nitrogen and oxygen atoms in total. The van der Waals surface area contributed by atoms with Crippen LogP contribution >= 0.6 is 0 Å². The molecule has 2 aromatic rings. The maximum atomic E-state index is 13.8. The third-order valence-electron chi connectivity index (χ3n) is 7.89. The Labute approximate surface area is 229 Å². The third-order valence-corrected chi connectivity index (χ3v) is 7.89. The lowest BCUT2D eigenvalue weighted by Gasteiger charge is -2.30. The topological polar surface area (TPSA) is 102 Å². The van der Waals surface area contributed by atoms with Crippen molar-refractivity contribution >= 4 is 29.2 Å². The summed E-state index contributed by atoms with van der Waals surface area (Å²) < 4.78 is 0. The Morgan fingerprint density at radius 1 is 0.949 bits per heavy atom. The Hall–Kier alpha value is -3.72. The van der Waals surface area contributed by atoms with Crippen molar-refractivity contribution in [3.8, 4) is 0 Å². The summed E-state index contributed by atoms with van der Waals surface area (Å²) in [6.07, 6.45) is 0.993. The Morgan fingerprint density at radius 2 is 1.67 bits per heavy atom. The number of hydrogen-bond acceptors (Lipinski definition) is 6. The van der Waals surface area contributed by atoms with Crippen LogP contribution in [0.15, 0.2) is 54.6 Å². The fourth-order valence-corrected chi connectivity index (χ4v) is 5.99. The number of amides is 3. The van der Waals surface area contributed by atoms with Gasteiger partial charge in [0.1, 0.15) is 12.1 Å². The number of rotatable bonds is 7. The maximum absolute atomic E-state index is 13.8. The Morgan fingerprint density at radius 3 is 2.38 bits per heavy atom. The normalized spacial score (nSPS) is 21.7. The van der Waals surface area contributed by atoms with E-state index in [2.05, 4.69) is 15.5 Å². The number of ketones is 1. The highest BCUT2D eigenvalue weighted by Crippen LogP contribution is 2.32. The van der Waals surface area contributed by atoms with E-state index in [1.807, 2.05) is 38.1 Å². The number of fused-ring (bicyclic) bond motifs is 1. The molecule has 0 spiro atoms. The minimum absolute atomic E-state index is 0.00708. The van der Waals surface area contributed by atoms with E-state index in [9.17, 15) is 19.2 Å². The van der Waals surface area contributed by atoms with E-state index in [0.29, 0.717) is 30.5 Å².